The second-order valence-corrected chi connectivity index (χ2v) is 7.02. The Kier molecular flexibility index (Phi) is 4.26. The van der Waals surface area contributed by atoms with E-state index in [0.717, 1.165) is 38.8 Å². The average molecular weight is 402 g/mol. The van der Waals surface area contributed by atoms with Crippen molar-refractivity contribution in [3.05, 3.63) is 71.9 Å². The van der Waals surface area contributed by atoms with Crippen LogP contribution in [0.2, 0.25) is 5.02 Å². The first kappa shape index (κ1) is 17.5. The number of methoxy groups -OCH3 is 1. The Morgan fingerprint density at radius 2 is 1.83 bits per heavy atom. The number of halogens is 1. The summed E-state index contributed by atoms with van der Waals surface area (Å²) >= 11 is 6.24. The quantitative estimate of drug-likeness (QED) is 0.411. The summed E-state index contributed by atoms with van der Waals surface area (Å²) in [5.74, 6) is 2.09. The van der Waals surface area contributed by atoms with Crippen LogP contribution in [0.15, 0.2) is 66.9 Å². The molecule has 0 radical (unpaired) electrons. The van der Waals surface area contributed by atoms with Crippen molar-refractivity contribution in [2.45, 2.75) is 0 Å². The van der Waals surface area contributed by atoms with E-state index in [-0.39, 0.29) is 0 Å². The molecule has 6 nitrogen and oxygen atoms in total. The highest BCUT2D eigenvalue weighted by Crippen LogP contribution is 2.30. The molecule has 29 heavy (non-hydrogen) atoms. The summed E-state index contributed by atoms with van der Waals surface area (Å²) in [7, 11) is 1.64. The Morgan fingerprint density at radius 3 is 2.66 bits per heavy atom. The number of nitrogens with zero attached hydrogens (tertiary/aromatic N) is 3. The van der Waals surface area contributed by atoms with Crippen molar-refractivity contribution in [1.29, 1.82) is 0 Å². The van der Waals surface area contributed by atoms with Crippen LogP contribution in [0.5, 0.6) is 5.75 Å². The van der Waals surface area contributed by atoms with Gasteiger partial charge in [0.2, 0.25) is 0 Å². The number of H-pyrrole nitrogens is 1. The highest BCUT2D eigenvalue weighted by Gasteiger charge is 2.11. The van der Waals surface area contributed by atoms with Crippen molar-refractivity contribution in [3.8, 4) is 17.1 Å². The third kappa shape index (κ3) is 3.34. The normalized spacial score (nSPS) is 11.1. The summed E-state index contributed by atoms with van der Waals surface area (Å²) in [6.45, 7) is 0. The molecule has 5 rings (SSSR count). The maximum absolute atomic E-state index is 6.24. The highest BCUT2D eigenvalue weighted by molar-refractivity contribution is 6.31. The lowest BCUT2D eigenvalue weighted by atomic mass is 10.1. The molecule has 0 bridgehead atoms. The summed E-state index contributed by atoms with van der Waals surface area (Å²) in [6, 6.07) is 19.2. The van der Waals surface area contributed by atoms with E-state index in [9.17, 15) is 0 Å². The smallest absolute Gasteiger partial charge is 0.162 e. The lowest BCUT2D eigenvalue weighted by Gasteiger charge is -2.12. The molecule has 5 aromatic rings. The molecule has 0 aliphatic heterocycles. The lowest BCUT2D eigenvalue weighted by molar-refractivity contribution is 0.415. The minimum atomic E-state index is 0.620. The Morgan fingerprint density at radius 1 is 0.966 bits per heavy atom. The molecule has 0 fully saturated rings. The summed E-state index contributed by atoms with van der Waals surface area (Å²) in [5.41, 5.74) is 3.59. The van der Waals surface area contributed by atoms with Gasteiger partial charge in [-0.05, 0) is 60.7 Å². The van der Waals surface area contributed by atoms with E-state index >= 15 is 0 Å². The van der Waals surface area contributed by atoms with E-state index in [0.29, 0.717) is 16.7 Å². The first-order valence-electron chi connectivity index (χ1n) is 9.01. The second kappa shape index (κ2) is 7.07. The van der Waals surface area contributed by atoms with Crippen LogP contribution in [0.4, 0.5) is 11.5 Å². The third-order valence-electron chi connectivity index (χ3n) is 4.71. The van der Waals surface area contributed by atoms with Gasteiger partial charge in [-0.15, -0.1) is 0 Å². The number of rotatable bonds is 4. The van der Waals surface area contributed by atoms with E-state index in [1.165, 1.54) is 0 Å². The van der Waals surface area contributed by atoms with Crippen LogP contribution in [0, 0.1) is 0 Å². The van der Waals surface area contributed by atoms with E-state index in [1.807, 2.05) is 60.7 Å². The van der Waals surface area contributed by atoms with Gasteiger partial charge in [0.1, 0.15) is 11.6 Å². The average Bonchev–Trinajstić information content (AvgIpc) is 3.22. The minimum absolute atomic E-state index is 0.620. The Labute approximate surface area is 171 Å². The standard InChI is InChI=1S/C22H16ClN5O/c1-29-17-6-2-13(3-7-17)21-26-20-8-4-15(23)11-18(20)22(27-21)25-16-5-9-19-14(10-16)12-24-28-19/h2-12H,1H3,(H,24,28)(H,25,26,27). The third-order valence-corrected chi connectivity index (χ3v) is 4.94. The fourth-order valence-corrected chi connectivity index (χ4v) is 3.39. The van der Waals surface area contributed by atoms with Gasteiger partial charge in [-0.3, -0.25) is 5.10 Å². The van der Waals surface area contributed by atoms with Gasteiger partial charge in [0, 0.05) is 27.0 Å². The molecule has 0 spiro atoms. The van der Waals surface area contributed by atoms with Crippen molar-refractivity contribution in [2.75, 3.05) is 12.4 Å². The maximum atomic E-state index is 6.24. The van der Waals surface area contributed by atoms with Crippen molar-refractivity contribution >= 4 is 44.9 Å². The van der Waals surface area contributed by atoms with Crippen LogP contribution < -0.4 is 10.1 Å². The number of hydrogen-bond acceptors (Lipinski definition) is 5. The van der Waals surface area contributed by atoms with Crippen LogP contribution >= 0.6 is 11.6 Å². The molecule has 0 aliphatic rings. The molecule has 0 saturated heterocycles. The number of nitrogens with one attached hydrogen (secondary N) is 2. The van der Waals surface area contributed by atoms with E-state index < -0.39 is 0 Å². The zero-order valence-corrected chi connectivity index (χ0v) is 16.2. The summed E-state index contributed by atoms with van der Waals surface area (Å²) in [4.78, 5) is 9.51. The van der Waals surface area contributed by atoms with Crippen LogP contribution in [-0.2, 0) is 0 Å². The van der Waals surface area contributed by atoms with E-state index in [1.54, 1.807) is 13.3 Å². The van der Waals surface area contributed by atoms with Gasteiger partial charge < -0.3 is 10.1 Å². The SMILES string of the molecule is COc1ccc(-c2nc(Nc3ccc4[nH]ncc4c3)c3cc(Cl)ccc3n2)cc1. The highest BCUT2D eigenvalue weighted by atomic mass is 35.5. The minimum Gasteiger partial charge on any atom is -0.497 e. The van der Waals surface area contributed by atoms with Gasteiger partial charge in [0.15, 0.2) is 5.82 Å². The van der Waals surface area contributed by atoms with Gasteiger partial charge in [-0.25, -0.2) is 9.97 Å². The monoisotopic (exact) mass is 401 g/mol. The molecule has 2 aromatic heterocycles. The van der Waals surface area contributed by atoms with Crippen molar-refractivity contribution in [3.63, 3.8) is 0 Å². The predicted molar refractivity (Wildman–Crippen MR) is 116 cm³/mol. The number of anilines is 2. The molecule has 0 aliphatic carbocycles. The second-order valence-electron chi connectivity index (χ2n) is 6.58. The molecule has 3 aromatic carbocycles. The molecular formula is C22H16ClN5O. The largest absolute Gasteiger partial charge is 0.497 e. The van der Waals surface area contributed by atoms with Crippen LogP contribution in [0.1, 0.15) is 0 Å². The predicted octanol–water partition coefficient (Wildman–Crippen LogP) is 5.58. The van der Waals surface area contributed by atoms with Crippen LogP contribution in [0.25, 0.3) is 33.2 Å². The summed E-state index contributed by atoms with van der Waals surface area (Å²) < 4.78 is 5.24. The van der Waals surface area contributed by atoms with Gasteiger partial charge in [-0.1, -0.05) is 11.6 Å². The van der Waals surface area contributed by atoms with Gasteiger partial charge in [0.05, 0.1) is 24.3 Å². The van der Waals surface area contributed by atoms with Crippen molar-refractivity contribution in [2.24, 2.45) is 0 Å². The topological polar surface area (TPSA) is 75.7 Å². The molecule has 0 atom stereocenters. The number of benzene rings is 3. The number of ether oxygens (including phenoxy) is 1. The summed E-state index contributed by atoms with van der Waals surface area (Å²) in [6.07, 6.45) is 1.79. The molecule has 0 amide bonds. The van der Waals surface area contributed by atoms with Gasteiger partial charge in [-0.2, -0.15) is 5.10 Å². The Balaban J connectivity index is 1.63. The first-order chi connectivity index (χ1) is 14.2. The molecule has 0 saturated carbocycles. The zero-order chi connectivity index (χ0) is 19.8. The number of hydrogen-bond donors (Lipinski definition) is 2. The van der Waals surface area contributed by atoms with Crippen LogP contribution in [-0.4, -0.2) is 27.3 Å². The van der Waals surface area contributed by atoms with Crippen molar-refractivity contribution < 1.29 is 4.74 Å². The fourth-order valence-electron chi connectivity index (χ4n) is 3.22. The number of fused-ring (bicyclic) bond motifs is 2. The molecule has 2 N–H and O–H groups in total. The molecular weight excluding hydrogens is 386 g/mol. The molecule has 2 heterocycles. The van der Waals surface area contributed by atoms with Gasteiger partial charge >= 0.3 is 0 Å². The number of aromatic nitrogens is 4. The van der Waals surface area contributed by atoms with E-state index in [4.69, 9.17) is 26.3 Å². The maximum Gasteiger partial charge on any atom is 0.162 e. The Hall–Kier alpha value is -3.64. The fraction of sp³-hybridized carbons (Fsp3) is 0.0455. The zero-order valence-electron chi connectivity index (χ0n) is 15.5. The Bertz CT molecular complexity index is 1330. The van der Waals surface area contributed by atoms with Gasteiger partial charge in [0.25, 0.3) is 0 Å². The lowest BCUT2D eigenvalue weighted by Crippen LogP contribution is -1.99. The molecule has 0 unspecified atom stereocenters. The number of aromatic amines is 1. The summed E-state index contributed by atoms with van der Waals surface area (Å²) in [5, 5.41) is 12.9. The first-order valence-corrected chi connectivity index (χ1v) is 9.39. The van der Waals surface area contributed by atoms with Crippen molar-refractivity contribution in [1.82, 2.24) is 20.2 Å². The molecule has 142 valence electrons. The van der Waals surface area contributed by atoms with E-state index in [2.05, 4.69) is 15.5 Å². The molecule has 7 heteroatoms. The van der Waals surface area contributed by atoms with Crippen LogP contribution in [0.3, 0.4) is 0 Å².